The smallest absolute Gasteiger partial charge is 0.246 e. The summed E-state index contributed by atoms with van der Waals surface area (Å²) in [5.41, 5.74) is -1.21. The molecule has 0 aromatic heterocycles. The van der Waals surface area contributed by atoms with E-state index in [0.29, 0.717) is 12.8 Å². The second-order valence-electron chi connectivity index (χ2n) is 7.00. The maximum Gasteiger partial charge on any atom is 0.246 e. The Hall–Kier alpha value is -1.32. The number of rotatable bonds is 3. The molecule has 1 rings (SSSR count). The molecule has 108 valence electrons. The van der Waals surface area contributed by atoms with Gasteiger partial charge in [-0.25, -0.2) is 0 Å². The molecule has 2 atom stereocenters. The van der Waals surface area contributed by atoms with Crippen LogP contribution >= 0.6 is 0 Å². The van der Waals surface area contributed by atoms with Gasteiger partial charge in [-0.05, 0) is 45.4 Å². The lowest BCUT2D eigenvalue weighted by Gasteiger charge is -2.34. The van der Waals surface area contributed by atoms with Crippen molar-refractivity contribution in [2.75, 3.05) is 0 Å². The maximum absolute atomic E-state index is 12.6. The Balaban J connectivity index is 2.99. The van der Waals surface area contributed by atoms with Gasteiger partial charge in [0.15, 0.2) is 0 Å². The Morgan fingerprint density at radius 1 is 1.26 bits per heavy atom. The first-order valence-corrected chi connectivity index (χ1v) is 6.77. The molecule has 1 saturated carbocycles. The molecule has 0 aliphatic heterocycles. The minimum absolute atomic E-state index is 0.0965. The third-order valence-electron chi connectivity index (χ3n) is 3.66. The molecule has 0 spiro atoms. The van der Waals surface area contributed by atoms with Crippen molar-refractivity contribution < 1.29 is 9.59 Å². The molecule has 1 aliphatic carbocycles. The number of nitrogens with one attached hydrogen (secondary N) is 2. The summed E-state index contributed by atoms with van der Waals surface area (Å²) < 4.78 is 0. The van der Waals surface area contributed by atoms with E-state index >= 15 is 0 Å². The molecule has 0 saturated heterocycles. The normalized spacial score (nSPS) is 30.8. The van der Waals surface area contributed by atoms with Crippen LogP contribution in [0.25, 0.3) is 0 Å². The average molecular weight is 266 g/mol. The molecule has 2 N–H and O–H groups in total. The number of amides is 2. The van der Waals surface area contributed by atoms with E-state index in [1.165, 1.54) is 6.92 Å². The summed E-state index contributed by atoms with van der Waals surface area (Å²) in [5, 5.41) is 5.85. The summed E-state index contributed by atoms with van der Waals surface area (Å²) >= 11 is 0. The summed E-state index contributed by atoms with van der Waals surface area (Å²) in [5.74, 6) is -0.266. The van der Waals surface area contributed by atoms with Gasteiger partial charge in [-0.3, -0.25) is 9.59 Å². The first kappa shape index (κ1) is 15.7. The van der Waals surface area contributed by atoms with Crippen LogP contribution in [-0.4, -0.2) is 22.9 Å². The van der Waals surface area contributed by atoms with E-state index in [4.69, 9.17) is 0 Å². The Kier molecular flexibility index (Phi) is 4.13. The van der Waals surface area contributed by atoms with Crippen LogP contribution in [0.5, 0.6) is 0 Å². The number of hydrogen-bond acceptors (Lipinski definition) is 2. The molecule has 2 unspecified atom stereocenters. The van der Waals surface area contributed by atoms with E-state index in [9.17, 15) is 9.59 Å². The fourth-order valence-electron chi connectivity index (χ4n) is 2.69. The second-order valence-corrected chi connectivity index (χ2v) is 7.00. The first-order chi connectivity index (χ1) is 8.52. The molecule has 0 heterocycles. The molecule has 1 aliphatic rings. The van der Waals surface area contributed by atoms with Gasteiger partial charge in [0.25, 0.3) is 0 Å². The molecule has 0 aromatic carbocycles. The molecule has 4 nitrogen and oxygen atoms in total. The molecule has 1 fully saturated rings. The Morgan fingerprint density at radius 3 is 2.21 bits per heavy atom. The van der Waals surface area contributed by atoms with Crippen LogP contribution in [0.15, 0.2) is 12.7 Å². The van der Waals surface area contributed by atoms with Crippen molar-refractivity contribution in [3.63, 3.8) is 0 Å². The van der Waals surface area contributed by atoms with Crippen LogP contribution in [0.1, 0.15) is 53.9 Å². The highest BCUT2D eigenvalue weighted by molar-refractivity contribution is 5.91. The summed E-state index contributed by atoms with van der Waals surface area (Å²) in [4.78, 5) is 24.0. The zero-order chi connectivity index (χ0) is 14.9. The van der Waals surface area contributed by atoms with Gasteiger partial charge in [0, 0.05) is 12.5 Å². The predicted molar refractivity (Wildman–Crippen MR) is 76.6 cm³/mol. The van der Waals surface area contributed by atoms with Gasteiger partial charge in [-0.1, -0.05) is 13.0 Å². The van der Waals surface area contributed by atoms with Crippen molar-refractivity contribution >= 4 is 11.8 Å². The topological polar surface area (TPSA) is 58.2 Å². The van der Waals surface area contributed by atoms with E-state index < -0.39 is 5.54 Å². The van der Waals surface area contributed by atoms with Gasteiger partial charge >= 0.3 is 0 Å². The summed E-state index contributed by atoms with van der Waals surface area (Å²) in [6.45, 7) is 13.2. The number of carbonyl (C=O) groups excluding carboxylic acids is 2. The molecule has 19 heavy (non-hydrogen) atoms. The maximum atomic E-state index is 12.6. The molecule has 2 amide bonds. The van der Waals surface area contributed by atoms with E-state index in [1.54, 1.807) is 0 Å². The highest BCUT2D eigenvalue weighted by Gasteiger charge is 2.50. The predicted octanol–water partition coefficient (Wildman–Crippen LogP) is 2.15. The van der Waals surface area contributed by atoms with Crippen molar-refractivity contribution in [3.05, 3.63) is 12.7 Å². The number of allylic oxidation sites excluding steroid dienone is 1. The minimum atomic E-state index is -0.804. The largest absolute Gasteiger partial charge is 0.349 e. The van der Waals surface area contributed by atoms with Crippen LogP contribution in [-0.2, 0) is 9.59 Å². The minimum Gasteiger partial charge on any atom is -0.349 e. The molecular formula is C15H26N2O2. The fourth-order valence-corrected chi connectivity index (χ4v) is 2.69. The third kappa shape index (κ3) is 3.82. The van der Waals surface area contributed by atoms with Gasteiger partial charge in [-0.2, -0.15) is 0 Å². The fraction of sp³-hybridized carbons (Fsp3) is 0.733. The molecular weight excluding hydrogens is 240 g/mol. The quantitative estimate of drug-likeness (QED) is 0.769. The molecule has 4 heteroatoms. The third-order valence-corrected chi connectivity index (χ3v) is 3.66. The van der Waals surface area contributed by atoms with Gasteiger partial charge in [0.05, 0.1) is 0 Å². The summed E-state index contributed by atoms with van der Waals surface area (Å²) in [6, 6.07) is 0. The second kappa shape index (κ2) is 4.99. The van der Waals surface area contributed by atoms with Crippen molar-refractivity contribution in [1.29, 1.82) is 0 Å². The molecule has 0 radical (unpaired) electrons. The van der Waals surface area contributed by atoms with Gasteiger partial charge in [0.2, 0.25) is 11.8 Å². The van der Waals surface area contributed by atoms with Gasteiger partial charge in [0.1, 0.15) is 5.54 Å². The van der Waals surface area contributed by atoms with Gasteiger partial charge < -0.3 is 10.6 Å². The van der Waals surface area contributed by atoms with Gasteiger partial charge in [-0.15, -0.1) is 6.58 Å². The molecule has 0 aromatic rings. The SMILES string of the molecule is C=CC1(C)CCC(NC(C)=O)(C(=O)NC(C)(C)C)C1. The monoisotopic (exact) mass is 266 g/mol. The number of hydrogen-bond donors (Lipinski definition) is 2. The van der Waals surface area contributed by atoms with E-state index in [1.807, 2.05) is 26.8 Å². The van der Waals surface area contributed by atoms with Crippen LogP contribution in [0.2, 0.25) is 0 Å². The van der Waals surface area contributed by atoms with Crippen molar-refractivity contribution in [2.45, 2.75) is 65.0 Å². The lowest BCUT2D eigenvalue weighted by atomic mass is 9.85. The Morgan fingerprint density at radius 2 is 1.84 bits per heavy atom. The van der Waals surface area contributed by atoms with E-state index in [-0.39, 0.29) is 22.8 Å². The molecule has 0 bridgehead atoms. The van der Waals surface area contributed by atoms with Crippen LogP contribution in [0.4, 0.5) is 0 Å². The lowest BCUT2D eigenvalue weighted by molar-refractivity contribution is -0.134. The first-order valence-electron chi connectivity index (χ1n) is 6.77. The number of carbonyl (C=O) groups is 2. The zero-order valence-electron chi connectivity index (χ0n) is 12.7. The van der Waals surface area contributed by atoms with Crippen molar-refractivity contribution in [3.8, 4) is 0 Å². The summed E-state index contributed by atoms with van der Waals surface area (Å²) in [6.07, 6.45) is 4.00. The van der Waals surface area contributed by atoms with Crippen molar-refractivity contribution in [1.82, 2.24) is 10.6 Å². The summed E-state index contributed by atoms with van der Waals surface area (Å²) in [7, 11) is 0. The standard InChI is InChI=1S/C15H26N2O2/c1-7-14(6)8-9-15(10-14,16-11(2)18)12(19)17-13(3,4)5/h7H,1,8-10H2,2-6H3,(H,16,18)(H,17,19). The van der Waals surface area contributed by atoms with Crippen LogP contribution < -0.4 is 10.6 Å². The highest BCUT2D eigenvalue weighted by atomic mass is 16.2. The highest BCUT2D eigenvalue weighted by Crippen LogP contribution is 2.45. The Labute approximate surface area is 116 Å². The lowest BCUT2D eigenvalue weighted by Crippen LogP contribution is -2.60. The van der Waals surface area contributed by atoms with Crippen LogP contribution in [0, 0.1) is 5.41 Å². The van der Waals surface area contributed by atoms with Crippen molar-refractivity contribution in [2.24, 2.45) is 5.41 Å². The van der Waals surface area contributed by atoms with Crippen LogP contribution in [0.3, 0.4) is 0 Å². The van der Waals surface area contributed by atoms with E-state index in [2.05, 4.69) is 24.1 Å². The zero-order valence-corrected chi connectivity index (χ0v) is 12.7. The Bertz CT molecular complexity index is 397. The van der Waals surface area contributed by atoms with E-state index in [0.717, 1.165) is 6.42 Å². The average Bonchev–Trinajstić information content (AvgIpc) is 2.55.